The van der Waals surface area contributed by atoms with E-state index in [1.165, 1.54) is 5.56 Å². The lowest BCUT2D eigenvalue weighted by molar-refractivity contribution is 0.160. The maximum absolute atomic E-state index is 10.5. The van der Waals surface area contributed by atoms with Gasteiger partial charge in [0.1, 0.15) is 11.9 Å². The first-order valence-electron chi connectivity index (χ1n) is 10.2. The molecule has 6 nitrogen and oxygen atoms in total. The third-order valence-electron chi connectivity index (χ3n) is 6.06. The van der Waals surface area contributed by atoms with Gasteiger partial charge < -0.3 is 16.1 Å². The Morgan fingerprint density at radius 2 is 1.93 bits per heavy atom. The lowest BCUT2D eigenvalue weighted by Crippen LogP contribution is -2.37. The number of phenols is 1. The third-order valence-corrected chi connectivity index (χ3v) is 6.06. The lowest BCUT2D eigenvalue weighted by atomic mass is 9.89. The number of rotatable bonds is 5. The fraction of sp³-hybridized carbons (Fsp3) is 0.391. The molecule has 0 saturated carbocycles. The molecule has 0 spiro atoms. The molecule has 4 rings (SSSR count). The van der Waals surface area contributed by atoms with E-state index < -0.39 is 6.10 Å². The number of aliphatic hydroxyl groups excluding tert-OH is 1. The number of aliphatic hydroxyl groups is 1. The molecule has 1 saturated heterocycles. The van der Waals surface area contributed by atoms with Gasteiger partial charge in [-0.2, -0.15) is 5.10 Å². The van der Waals surface area contributed by atoms with Crippen LogP contribution in [0.5, 0.6) is 5.75 Å². The summed E-state index contributed by atoms with van der Waals surface area (Å²) in [5, 5.41) is 24.1. The highest BCUT2D eigenvalue weighted by atomic mass is 16.3. The number of nitrogens with zero attached hydrogens (tertiary/aromatic N) is 3. The van der Waals surface area contributed by atoms with Crippen molar-refractivity contribution in [1.82, 2.24) is 4.90 Å². The van der Waals surface area contributed by atoms with E-state index in [9.17, 15) is 10.2 Å². The second-order valence-electron chi connectivity index (χ2n) is 7.96. The summed E-state index contributed by atoms with van der Waals surface area (Å²) in [5.74, 6) is 6.41. The molecule has 0 bridgehead atoms. The zero-order valence-electron chi connectivity index (χ0n) is 16.5. The highest BCUT2D eigenvalue weighted by Crippen LogP contribution is 2.33. The predicted molar refractivity (Wildman–Crippen MR) is 116 cm³/mol. The number of likely N-dealkylation sites (tertiary alicyclic amines) is 1. The van der Waals surface area contributed by atoms with Crippen molar-refractivity contribution in [3.8, 4) is 5.75 Å². The molecule has 2 aromatic carbocycles. The first kappa shape index (κ1) is 19.6. The van der Waals surface area contributed by atoms with E-state index in [4.69, 9.17) is 5.84 Å². The number of hydrazone groups is 1. The fourth-order valence-corrected chi connectivity index (χ4v) is 4.42. The minimum atomic E-state index is -0.570. The van der Waals surface area contributed by atoms with Gasteiger partial charge in [0.25, 0.3) is 0 Å². The van der Waals surface area contributed by atoms with Gasteiger partial charge in [0.05, 0.1) is 11.8 Å². The highest BCUT2D eigenvalue weighted by molar-refractivity contribution is 6.31. The quantitative estimate of drug-likeness (QED) is 0.414. The summed E-state index contributed by atoms with van der Waals surface area (Å²) in [6, 6.07) is 15.3. The van der Waals surface area contributed by atoms with E-state index in [2.05, 4.69) is 21.1 Å². The Morgan fingerprint density at radius 3 is 2.66 bits per heavy atom. The molecule has 1 fully saturated rings. The molecular weight excluding hydrogens is 364 g/mol. The lowest BCUT2D eigenvalue weighted by Gasteiger charge is -2.32. The molecule has 2 atom stereocenters. The zero-order chi connectivity index (χ0) is 20.2. The van der Waals surface area contributed by atoms with Crippen LogP contribution in [-0.4, -0.2) is 52.7 Å². The van der Waals surface area contributed by atoms with Crippen molar-refractivity contribution < 1.29 is 10.2 Å². The number of benzene rings is 2. The maximum Gasteiger partial charge on any atom is 0.115 e. The van der Waals surface area contributed by atoms with Crippen molar-refractivity contribution in [3.05, 3.63) is 65.2 Å². The number of aromatic hydroxyl groups is 1. The largest absolute Gasteiger partial charge is 0.508 e. The minimum Gasteiger partial charge on any atom is -0.508 e. The molecule has 0 aromatic heterocycles. The Kier molecular flexibility index (Phi) is 5.92. The Hall–Kier alpha value is -2.70. The van der Waals surface area contributed by atoms with Crippen LogP contribution in [0.15, 0.2) is 58.6 Å². The molecule has 1 aliphatic heterocycles. The van der Waals surface area contributed by atoms with Gasteiger partial charge >= 0.3 is 0 Å². The van der Waals surface area contributed by atoms with Crippen molar-refractivity contribution in [1.29, 1.82) is 0 Å². The van der Waals surface area contributed by atoms with Crippen molar-refractivity contribution in [3.63, 3.8) is 0 Å². The van der Waals surface area contributed by atoms with E-state index in [1.54, 1.807) is 12.3 Å². The van der Waals surface area contributed by atoms with Crippen molar-refractivity contribution in [2.24, 2.45) is 15.9 Å². The summed E-state index contributed by atoms with van der Waals surface area (Å²) in [6.45, 7) is 2.55. The van der Waals surface area contributed by atoms with Gasteiger partial charge in [0.2, 0.25) is 0 Å². The number of aliphatic imine (C=N–C) groups is 1. The molecule has 2 aromatic rings. The average molecular weight is 393 g/mol. The number of phenolic OH excluding ortho intramolecular Hbond substituents is 1. The first-order valence-corrected chi connectivity index (χ1v) is 10.2. The summed E-state index contributed by atoms with van der Waals surface area (Å²) in [7, 11) is 0. The molecule has 0 amide bonds. The molecule has 6 heteroatoms. The first-order chi connectivity index (χ1) is 14.1. The molecule has 152 valence electrons. The Balaban J connectivity index is 1.31. The summed E-state index contributed by atoms with van der Waals surface area (Å²) in [4.78, 5) is 6.92. The molecular formula is C23H28N4O2. The summed E-state index contributed by atoms with van der Waals surface area (Å²) >= 11 is 0. The predicted octanol–water partition coefficient (Wildman–Crippen LogP) is 2.62. The van der Waals surface area contributed by atoms with Gasteiger partial charge in [-0.05, 0) is 67.1 Å². The second-order valence-corrected chi connectivity index (χ2v) is 7.96. The van der Waals surface area contributed by atoms with Crippen LogP contribution in [-0.2, 0) is 6.42 Å². The standard InChI is InChI=1S/C23H28N4O2/c24-26-19(14-25-22-13-18-4-1-2-7-21(18)23(22)29)15-27-10-8-16(9-11-27)17-5-3-6-20(28)12-17/h1-7,12,14,16,22-23,28-29H,8-11,13,15,24H2. The summed E-state index contributed by atoms with van der Waals surface area (Å²) < 4.78 is 0. The molecule has 2 unspecified atom stereocenters. The van der Waals surface area contributed by atoms with E-state index in [1.807, 2.05) is 36.4 Å². The Bertz CT molecular complexity index is 903. The van der Waals surface area contributed by atoms with Gasteiger partial charge in [0, 0.05) is 12.8 Å². The molecule has 1 aliphatic carbocycles. The monoisotopic (exact) mass is 392 g/mol. The molecule has 1 heterocycles. The van der Waals surface area contributed by atoms with E-state index in [0.29, 0.717) is 18.2 Å². The van der Waals surface area contributed by atoms with E-state index in [0.717, 1.165) is 49.2 Å². The maximum atomic E-state index is 10.5. The van der Waals surface area contributed by atoms with Crippen LogP contribution in [0.2, 0.25) is 0 Å². The average Bonchev–Trinajstić information content (AvgIpc) is 3.07. The SMILES string of the molecule is NN=C(C=NC1Cc2ccccc2C1O)CN1CCC(c2cccc(O)c2)CC1. The highest BCUT2D eigenvalue weighted by Gasteiger charge is 2.30. The van der Waals surface area contributed by atoms with Crippen LogP contribution >= 0.6 is 0 Å². The summed E-state index contributed by atoms with van der Waals surface area (Å²) in [5.41, 5.74) is 4.05. The van der Waals surface area contributed by atoms with Crippen LogP contribution in [0.3, 0.4) is 0 Å². The normalized spacial score (nSPS) is 23.6. The minimum absolute atomic E-state index is 0.180. The van der Waals surface area contributed by atoms with Crippen LogP contribution < -0.4 is 5.84 Å². The second kappa shape index (κ2) is 8.76. The van der Waals surface area contributed by atoms with Crippen molar-refractivity contribution in [2.75, 3.05) is 19.6 Å². The number of fused-ring (bicyclic) bond motifs is 1. The Morgan fingerprint density at radius 1 is 1.14 bits per heavy atom. The van der Waals surface area contributed by atoms with Gasteiger partial charge in [-0.15, -0.1) is 0 Å². The molecule has 2 aliphatic rings. The number of hydrogen-bond acceptors (Lipinski definition) is 6. The van der Waals surface area contributed by atoms with Crippen LogP contribution in [0.4, 0.5) is 0 Å². The van der Waals surface area contributed by atoms with Gasteiger partial charge in [-0.3, -0.25) is 9.89 Å². The summed E-state index contributed by atoms with van der Waals surface area (Å²) in [6.07, 6.45) is 3.96. The van der Waals surface area contributed by atoms with Crippen LogP contribution in [0.25, 0.3) is 0 Å². The molecule has 4 N–H and O–H groups in total. The fourth-order valence-electron chi connectivity index (χ4n) is 4.42. The molecule has 29 heavy (non-hydrogen) atoms. The van der Waals surface area contributed by atoms with Gasteiger partial charge in [0.15, 0.2) is 0 Å². The van der Waals surface area contributed by atoms with Gasteiger partial charge in [-0.1, -0.05) is 36.4 Å². The Labute approximate surface area is 171 Å². The zero-order valence-corrected chi connectivity index (χ0v) is 16.5. The van der Waals surface area contributed by atoms with E-state index in [-0.39, 0.29) is 6.04 Å². The van der Waals surface area contributed by atoms with E-state index >= 15 is 0 Å². The topological polar surface area (TPSA) is 94.4 Å². The van der Waals surface area contributed by atoms with Crippen molar-refractivity contribution in [2.45, 2.75) is 37.3 Å². The number of hydrogen-bond donors (Lipinski definition) is 3. The number of nitrogens with two attached hydrogens (primary N) is 1. The van der Waals surface area contributed by atoms with Crippen molar-refractivity contribution >= 4 is 11.9 Å². The van der Waals surface area contributed by atoms with Gasteiger partial charge in [-0.25, -0.2) is 0 Å². The smallest absolute Gasteiger partial charge is 0.115 e. The molecule has 0 radical (unpaired) electrons. The third kappa shape index (κ3) is 4.49. The van der Waals surface area contributed by atoms with Crippen LogP contribution in [0.1, 0.15) is 41.6 Å². The van der Waals surface area contributed by atoms with Crippen LogP contribution in [0, 0.1) is 0 Å². The number of piperidine rings is 1.